The second-order valence-electron chi connectivity index (χ2n) is 6.88. The average Bonchev–Trinajstić information content (AvgIpc) is 3.21. The molecule has 1 aromatic heterocycles. The van der Waals surface area contributed by atoms with Crippen molar-refractivity contribution >= 4 is 29.0 Å². The van der Waals surface area contributed by atoms with E-state index >= 15 is 0 Å². The van der Waals surface area contributed by atoms with Gasteiger partial charge in [-0.15, -0.1) is 0 Å². The van der Waals surface area contributed by atoms with Gasteiger partial charge in [-0.25, -0.2) is 0 Å². The molecule has 4 rings (SSSR count). The number of rotatable bonds is 2. The van der Waals surface area contributed by atoms with Gasteiger partial charge < -0.3 is 9.88 Å². The van der Waals surface area contributed by atoms with Crippen LogP contribution in [0.25, 0.3) is 16.6 Å². The molecule has 150 valence electrons. The fourth-order valence-electron chi connectivity index (χ4n) is 3.51. The highest BCUT2D eigenvalue weighted by Crippen LogP contribution is 2.30. The molecule has 1 aliphatic heterocycles. The van der Waals surface area contributed by atoms with Crippen LogP contribution in [0.3, 0.4) is 0 Å². The molecule has 0 unspecified atom stereocenters. The van der Waals surface area contributed by atoms with Crippen molar-refractivity contribution in [2.24, 2.45) is 0 Å². The van der Waals surface area contributed by atoms with Gasteiger partial charge in [-0.3, -0.25) is 14.2 Å². The smallest absolute Gasteiger partial charge is 0.339 e. The number of carbonyl (C=O) groups is 1. The quantitative estimate of drug-likeness (QED) is 0.630. The zero-order chi connectivity index (χ0) is 20.8. The number of halogens is 3. The van der Waals surface area contributed by atoms with Crippen molar-refractivity contribution in [3.8, 4) is 5.69 Å². The molecule has 0 aliphatic carbocycles. The van der Waals surface area contributed by atoms with Crippen molar-refractivity contribution in [2.45, 2.75) is 19.0 Å². The first kappa shape index (κ1) is 19.4. The van der Waals surface area contributed by atoms with Gasteiger partial charge in [0, 0.05) is 18.7 Å². The van der Waals surface area contributed by atoms with Gasteiger partial charge in [0.25, 0.3) is 11.5 Å². The van der Waals surface area contributed by atoms with E-state index in [4.69, 9.17) is 12.2 Å². The van der Waals surface area contributed by atoms with E-state index in [-0.39, 0.29) is 21.8 Å². The number of fused-ring (bicyclic) bond motifs is 1. The third kappa shape index (κ3) is 3.57. The minimum atomic E-state index is -4.54. The van der Waals surface area contributed by atoms with Crippen LogP contribution in [0.2, 0.25) is 0 Å². The summed E-state index contributed by atoms with van der Waals surface area (Å²) in [7, 11) is 0. The second kappa shape index (κ2) is 7.14. The number of carbonyl (C=O) groups excluding carboxylic acids is 1. The van der Waals surface area contributed by atoms with E-state index in [1.165, 1.54) is 18.2 Å². The fourth-order valence-corrected chi connectivity index (χ4v) is 3.81. The first-order valence-electron chi connectivity index (χ1n) is 9.02. The maximum absolute atomic E-state index is 13.0. The molecule has 29 heavy (non-hydrogen) atoms. The normalized spacial score (nSPS) is 14.5. The number of hydrogen-bond donors (Lipinski definition) is 1. The summed E-state index contributed by atoms with van der Waals surface area (Å²) >= 11 is 5.23. The Hall–Kier alpha value is -2.94. The molecule has 1 fully saturated rings. The lowest BCUT2D eigenvalue weighted by Crippen LogP contribution is -2.27. The molecule has 0 radical (unpaired) electrons. The van der Waals surface area contributed by atoms with Crippen molar-refractivity contribution in [1.82, 2.24) is 14.5 Å². The van der Waals surface area contributed by atoms with Gasteiger partial charge in [-0.05, 0) is 61.5 Å². The lowest BCUT2D eigenvalue weighted by atomic mass is 10.1. The average molecular weight is 419 g/mol. The zero-order valence-corrected chi connectivity index (χ0v) is 15.9. The van der Waals surface area contributed by atoms with Crippen LogP contribution in [0.4, 0.5) is 13.2 Å². The van der Waals surface area contributed by atoms with Gasteiger partial charge in [-0.2, -0.15) is 13.2 Å². The summed E-state index contributed by atoms with van der Waals surface area (Å²) in [6.07, 6.45) is -2.61. The summed E-state index contributed by atoms with van der Waals surface area (Å²) in [5, 5.41) is 0.231. The van der Waals surface area contributed by atoms with E-state index in [1.807, 2.05) is 0 Å². The molecular formula is C20H16F3N3O2S. The number of likely N-dealkylation sites (tertiary alicyclic amines) is 1. The molecule has 3 aromatic rings. The number of aromatic amines is 1. The predicted molar refractivity (Wildman–Crippen MR) is 105 cm³/mol. The number of benzene rings is 2. The molecule has 1 saturated heterocycles. The van der Waals surface area contributed by atoms with Crippen LogP contribution in [0, 0.1) is 4.77 Å². The van der Waals surface area contributed by atoms with Gasteiger partial charge in [-0.1, -0.05) is 6.07 Å². The zero-order valence-electron chi connectivity index (χ0n) is 15.1. The SMILES string of the molecule is O=C(c1ccc2c(=O)n(-c3cccc(C(F)(F)F)c3)c(=S)[nH]c2c1)N1CCCC1. The van der Waals surface area contributed by atoms with Crippen LogP contribution in [0.15, 0.2) is 47.3 Å². The summed E-state index contributed by atoms with van der Waals surface area (Å²) in [4.78, 5) is 30.1. The Kier molecular flexibility index (Phi) is 4.77. The number of alkyl halides is 3. The largest absolute Gasteiger partial charge is 0.416 e. The standard InChI is InChI=1S/C20H16F3N3O2S/c21-20(22,23)13-4-3-5-14(11-13)26-18(28)15-7-6-12(10-16(15)24-19(26)29)17(27)25-8-1-2-9-25/h3-7,10-11H,1-2,8-9H2,(H,24,29). The van der Waals surface area contributed by atoms with Gasteiger partial charge in [0.2, 0.25) is 0 Å². The van der Waals surface area contributed by atoms with E-state index < -0.39 is 17.3 Å². The topological polar surface area (TPSA) is 58.1 Å². The first-order chi connectivity index (χ1) is 13.8. The number of nitrogens with one attached hydrogen (secondary N) is 1. The maximum atomic E-state index is 13.0. The van der Waals surface area contributed by atoms with Crippen LogP contribution in [0.5, 0.6) is 0 Å². The maximum Gasteiger partial charge on any atom is 0.416 e. The van der Waals surface area contributed by atoms with Crippen LogP contribution < -0.4 is 5.56 Å². The van der Waals surface area contributed by atoms with Gasteiger partial charge in [0.1, 0.15) is 0 Å². The van der Waals surface area contributed by atoms with E-state index in [9.17, 15) is 22.8 Å². The van der Waals surface area contributed by atoms with Crippen LogP contribution in [-0.4, -0.2) is 33.4 Å². The highest BCUT2D eigenvalue weighted by molar-refractivity contribution is 7.71. The molecule has 5 nitrogen and oxygen atoms in total. The van der Waals surface area contributed by atoms with E-state index in [2.05, 4.69) is 4.98 Å². The second-order valence-corrected chi connectivity index (χ2v) is 7.27. The summed E-state index contributed by atoms with van der Waals surface area (Å²) in [5.41, 5.74) is -0.606. The van der Waals surface area contributed by atoms with E-state index in [0.29, 0.717) is 24.2 Å². The third-order valence-electron chi connectivity index (χ3n) is 4.97. The van der Waals surface area contributed by atoms with Crippen molar-refractivity contribution < 1.29 is 18.0 Å². The number of nitrogens with zero attached hydrogens (tertiary/aromatic N) is 2. The molecular weight excluding hydrogens is 403 g/mol. The molecule has 1 aliphatic rings. The van der Waals surface area contributed by atoms with Crippen LogP contribution >= 0.6 is 12.2 Å². The minimum absolute atomic E-state index is 0.0187. The van der Waals surface area contributed by atoms with Crippen LogP contribution in [-0.2, 0) is 6.18 Å². The molecule has 9 heteroatoms. The molecule has 0 saturated carbocycles. The Bertz CT molecular complexity index is 1220. The van der Waals surface area contributed by atoms with Crippen LogP contribution in [0.1, 0.15) is 28.8 Å². The van der Waals surface area contributed by atoms with Crippen molar-refractivity contribution in [3.63, 3.8) is 0 Å². The third-order valence-corrected chi connectivity index (χ3v) is 5.25. The predicted octanol–water partition coefficient (Wildman–Crippen LogP) is 4.30. The highest BCUT2D eigenvalue weighted by atomic mass is 32.1. The highest BCUT2D eigenvalue weighted by Gasteiger charge is 2.30. The Morgan fingerprint density at radius 3 is 2.48 bits per heavy atom. The number of aromatic nitrogens is 2. The molecule has 2 heterocycles. The van der Waals surface area contributed by atoms with Crippen molar-refractivity contribution in [1.29, 1.82) is 0 Å². The molecule has 2 aromatic carbocycles. The molecule has 1 N–H and O–H groups in total. The monoisotopic (exact) mass is 419 g/mol. The molecule has 0 spiro atoms. The van der Waals surface area contributed by atoms with Crippen molar-refractivity contribution in [2.75, 3.05) is 13.1 Å². The molecule has 1 amide bonds. The minimum Gasteiger partial charge on any atom is -0.339 e. The number of hydrogen-bond acceptors (Lipinski definition) is 3. The lowest BCUT2D eigenvalue weighted by molar-refractivity contribution is -0.137. The van der Waals surface area contributed by atoms with Gasteiger partial charge >= 0.3 is 6.18 Å². The van der Waals surface area contributed by atoms with E-state index in [1.54, 1.807) is 17.0 Å². The Balaban J connectivity index is 1.82. The van der Waals surface area contributed by atoms with Gasteiger partial charge in [0.15, 0.2) is 4.77 Å². The molecule has 0 atom stereocenters. The summed E-state index contributed by atoms with van der Waals surface area (Å²) in [6.45, 7) is 1.40. The molecule has 0 bridgehead atoms. The summed E-state index contributed by atoms with van der Waals surface area (Å²) < 4.78 is 40.1. The summed E-state index contributed by atoms with van der Waals surface area (Å²) in [6, 6.07) is 9.03. The Morgan fingerprint density at radius 1 is 1.07 bits per heavy atom. The Morgan fingerprint density at radius 2 is 1.79 bits per heavy atom. The van der Waals surface area contributed by atoms with Crippen molar-refractivity contribution in [3.05, 3.63) is 68.7 Å². The fraction of sp³-hybridized carbons (Fsp3) is 0.250. The Labute approximate surface area is 168 Å². The number of H-pyrrole nitrogens is 1. The van der Waals surface area contributed by atoms with Gasteiger partial charge in [0.05, 0.1) is 22.2 Å². The number of amides is 1. The first-order valence-corrected chi connectivity index (χ1v) is 9.42. The van der Waals surface area contributed by atoms with E-state index in [0.717, 1.165) is 29.5 Å². The lowest BCUT2D eigenvalue weighted by Gasteiger charge is -2.16. The summed E-state index contributed by atoms with van der Waals surface area (Å²) in [5.74, 6) is -0.120.